The van der Waals surface area contributed by atoms with Crippen LogP contribution in [0.1, 0.15) is 46.0 Å². The molecule has 0 spiro atoms. The lowest BCUT2D eigenvalue weighted by molar-refractivity contribution is -0.155. The van der Waals surface area contributed by atoms with Gasteiger partial charge in [-0.15, -0.1) is 0 Å². The highest BCUT2D eigenvalue weighted by Crippen LogP contribution is 2.42. The highest BCUT2D eigenvalue weighted by Gasteiger charge is 2.33. The van der Waals surface area contributed by atoms with Gasteiger partial charge in [-0.25, -0.2) is 9.59 Å². The third-order valence-electron chi connectivity index (χ3n) is 5.86. The van der Waals surface area contributed by atoms with E-state index in [9.17, 15) is 9.59 Å². The van der Waals surface area contributed by atoms with E-state index in [4.69, 9.17) is 14.2 Å². The van der Waals surface area contributed by atoms with Gasteiger partial charge in [-0.3, -0.25) is 0 Å². The highest BCUT2D eigenvalue weighted by molar-refractivity contribution is 5.93. The van der Waals surface area contributed by atoms with Gasteiger partial charge in [-0.05, 0) is 61.2 Å². The van der Waals surface area contributed by atoms with Crippen LogP contribution in [0.2, 0.25) is 0 Å². The van der Waals surface area contributed by atoms with Gasteiger partial charge < -0.3 is 14.2 Å². The molecular weight excluding hydrogens is 344 g/mol. The summed E-state index contributed by atoms with van der Waals surface area (Å²) in [6.07, 6.45) is 11.0. The minimum absolute atomic E-state index is 0.0274. The second kappa shape index (κ2) is 9.18. The van der Waals surface area contributed by atoms with Crippen molar-refractivity contribution >= 4 is 11.9 Å². The Kier molecular flexibility index (Phi) is 7.19. The Labute approximate surface area is 161 Å². The molecular formula is C22H30O5. The van der Waals surface area contributed by atoms with Crippen molar-refractivity contribution < 1.29 is 23.8 Å². The molecule has 0 bridgehead atoms. The average molecular weight is 374 g/mol. The third-order valence-corrected chi connectivity index (χ3v) is 5.86. The summed E-state index contributed by atoms with van der Waals surface area (Å²) in [5, 5.41) is 0. The standard InChI is InChI=1S/C22H30O5/c1-15-9-10-16(2)22(3,12-7-6-8-18(15)21(24)26-5)13-11-17-14-19(25-4)27-20(17)23/h6-8,14,16,19H,1,9-13H2,2-5H3/b7-6-,18-8?/t16-,19+,22+/m1/s1. The number of carbonyl (C=O) groups is 2. The Hall–Kier alpha value is -2.14. The quantitative estimate of drug-likeness (QED) is 0.673. The molecule has 0 unspecified atom stereocenters. The summed E-state index contributed by atoms with van der Waals surface area (Å²) in [4.78, 5) is 23.9. The molecule has 2 aliphatic rings. The lowest BCUT2D eigenvalue weighted by Crippen LogP contribution is -2.26. The number of ether oxygens (including phenoxy) is 3. The van der Waals surface area contributed by atoms with Crippen LogP contribution in [0, 0.1) is 11.3 Å². The van der Waals surface area contributed by atoms with E-state index in [2.05, 4.69) is 26.5 Å². The number of esters is 2. The molecule has 0 fully saturated rings. The van der Waals surface area contributed by atoms with Gasteiger partial charge in [0.05, 0.1) is 12.7 Å². The molecule has 5 nitrogen and oxygen atoms in total. The van der Waals surface area contributed by atoms with Crippen molar-refractivity contribution in [2.75, 3.05) is 14.2 Å². The Morgan fingerprint density at radius 3 is 2.78 bits per heavy atom. The molecule has 0 aromatic rings. The van der Waals surface area contributed by atoms with Crippen LogP contribution in [-0.4, -0.2) is 32.4 Å². The van der Waals surface area contributed by atoms with Crippen molar-refractivity contribution in [3.8, 4) is 0 Å². The zero-order valence-electron chi connectivity index (χ0n) is 16.7. The lowest BCUT2D eigenvalue weighted by Gasteiger charge is -2.36. The summed E-state index contributed by atoms with van der Waals surface area (Å²) in [6, 6.07) is 0. The van der Waals surface area contributed by atoms with Crippen LogP contribution in [0.3, 0.4) is 0 Å². The molecule has 0 amide bonds. The number of carbonyl (C=O) groups excluding carboxylic acids is 2. The van der Waals surface area contributed by atoms with Gasteiger partial charge in [0, 0.05) is 12.7 Å². The van der Waals surface area contributed by atoms with E-state index in [-0.39, 0.29) is 17.4 Å². The fraction of sp³-hybridized carbons (Fsp3) is 0.545. The van der Waals surface area contributed by atoms with Gasteiger partial charge in [0.15, 0.2) is 0 Å². The molecule has 1 heterocycles. The SMILES string of the molecule is C=C1CC[C@@H](C)[C@](C)(CCC2=C[C@@H](OC)OC2=O)C/C=C\C=C1C(=O)OC. The second-order valence-electron chi connectivity index (χ2n) is 7.60. The van der Waals surface area contributed by atoms with Crippen molar-refractivity contribution in [3.63, 3.8) is 0 Å². The zero-order valence-corrected chi connectivity index (χ0v) is 16.7. The first-order valence-electron chi connectivity index (χ1n) is 9.38. The largest absolute Gasteiger partial charge is 0.465 e. The molecule has 0 saturated carbocycles. The van der Waals surface area contributed by atoms with Crippen molar-refractivity contribution in [2.45, 2.75) is 52.2 Å². The lowest BCUT2D eigenvalue weighted by atomic mass is 9.69. The predicted molar refractivity (Wildman–Crippen MR) is 104 cm³/mol. The maximum atomic E-state index is 11.9. The van der Waals surface area contributed by atoms with Crippen molar-refractivity contribution in [1.82, 2.24) is 0 Å². The fourth-order valence-electron chi connectivity index (χ4n) is 3.53. The molecule has 148 valence electrons. The first-order valence-corrected chi connectivity index (χ1v) is 9.38. The van der Waals surface area contributed by atoms with Crippen molar-refractivity contribution in [2.24, 2.45) is 11.3 Å². The monoisotopic (exact) mass is 374 g/mol. The van der Waals surface area contributed by atoms with Crippen molar-refractivity contribution in [1.29, 1.82) is 0 Å². The second-order valence-corrected chi connectivity index (χ2v) is 7.60. The van der Waals surface area contributed by atoms with E-state index in [0.29, 0.717) is 23.5 Å². The molecule has 0 aromatic carbocycles. The number of cyclic esters (lactones) is 1. The number of allylic oxidation sites excluding steroid dienone is 3. The molecule has 27 heavy (non-hydrogen) atoms. The maximum absolute atomic E-state index is 11.9. The number of rotatable bonds is 5. The maximum Gasteiger partial charge on any atom is 0.338 e. The Bertz CT molecular complexity index is 685. The first-order chi connectivity index (χ1) is 12.8. The molecule has 0 radical (unpaired) electrons. The molecule has 1 aliphatic carbocycles. The smallest absolute Gasteiger partial charge is 0.338 e. The molecule has 5 heteroatoms. The average Bonchev–Trinajstić information content (AvgIpc) is 3.03. The summed E-state index contributed by atoms with van der Waals surface area (Å²) in [6.45, 7) is 8.55. The highest BCUT2D eigenvalue weighted by atomic mass is 16.7. The Morgan fingerprint density at radius 1 is 1.41 bits per heavy atom. The van der Waals surface area contributed by atoms with Gasteiger partial charge in [0.2, 0.25) is 6.29 Å². The summed E-state index contributed by atoms with van der Waals surface area (Å²) >= 11 is 0. The molecule has 1 aliphatic heterocycles. The summed E-state index contributed by atoms with van der Waals surface area (Å²) in [5.41, 5.74) is 2.05. The first kappa shape index (κ1) is 21.2. The van der Waals surface area contributed by atoms with Crippen LogP contribution in [0.15, 0.2) is 47.6 Å². The van der Waals surface area contributed by atoms with Gasteiger partial charge in [-0.1, -0.05) is 32.6 Å². The summed E-state index contributed by atoms with van der Waals surface area (Å²) in [7, 11) is 2.91. The number of hydrogen-bond donors (Lipinski definition) is 0. The van der Waals surface area contributed by atoms with Gasteiger partial charge in [-0.2, -0.15) is 0 Å². The zero-order chi connectivity index (χ0) is 20.0. The van der Waals surface area contributed by atoms with E-state index in [0.717, 1.165) is 31.3 Å². The van der Waals surface area contributed by atoms with E-state index in [1.165, 1.54) is 14.2 Å². The summed E-state index contributed by atoms with van der Waals surface area (Å²) in [5.74, 6) is -0.236. The molecule has 0 N–H and O–H groups in total. The topological polar surface area (TPSA) is 61.8 Å². The van der Waals surface area contributed by atoms with Crippen LogP contribution in [-0.2, 0) is 23.8 Å². The van der Waals surface area contributed by atoms with E-state index >= 15 is 0 Å². The summed E-state index contributed by atoms with van der Waals surface area (Å²) < 4.78 is 15.1. The Morgan fingerprint density at radius 2 is 2.15 bits per heavy atom. The fourth-order valence-corrected chi connectivity index (χ4v) is 3.53. The minimum atomic E-state index is -0.563. The van der Waals surface area contributed by atoms with Crippen LogP contribution in [0.5, 0.6) is 0 Å². The van der Waals surface area contributed by atoms with Gasteiger partial charge in [0.25, 0.3) is 0 Å². The van der Waals surface area contributed by atoms with E-state index in [1.54, 1.807) is 12.2 Å². The van der Waals surface area contributed by atoms with Crippen LogP contribution in [0.25, 0.3) is 0 Å². The van der Waals surface area contributed by atoms with Crippen LogP contribution >= 0.6 is 0 Å². The van der Waals surface area contributed by atoms with E-state index in [1.807, 2.05) is 6.08 Å². The van der Waals surface area contributed by atoms with Gasteiger partial charge >= 0.3 is 11.9 Å². The van der Waals surface area contributed by atoms with Crippen LogP contribution < -0.4 is 0 Å². The van der Waals surface area contributed by atoms with E-state index < -0.39 is 6.29 Å². The molecule has 3 atom stereocenters. The molecule has 0 aromatic heterocycles. The molecule has 2 rings (SSSR count). The molecule has 0 saturated heterocycles. The van der Waals surface area contributed by atoms with Gasteiger partial charge in [0.1, 0.15) is 0 Å². The normalized spacial score (nSPS) is 30.2. The third kappa shape index (κ3) is 5.19. The number of hydrogen-bond acceptors (Lipinski definition) is 5. The Balaban J connectivity index is 2.13. The minimum Gasteiger partial charge on any atom is -0.465 e. The van der Waals surface area contributed by atoms with Crippen molar-refractivity contribution in [3.05, 3.63) is 47.6 Å². The number of methoxy groups -OCH3 is 2. The predicted octanol–water partition coefficient (Wildman–Crippen LogP) is 4.26. The van der Waals surface area contributed by atoms with Crippen LogP contribution in [0.4, 0.5) is 0 Å².